The average molecular weight is 238 g/mol. The Hall–Kier alpha value is -0.240. The predicted molar refractivity (Wildman–Crippen MR) is 56.6 cm³/mol. The van der Waals surface area contributed by atoms with Crippen LogP contribution in [-0.4, -0.2) is 67.8 Å². The Balaban J connectivity index is 3.73. The highest BCUT2D eigenvalue weighted by molar-refractivity contribution is 4.73. The molecule has 5 atom stereocenters. The molecule has 0 amide bonds. The maximum Gasteiger partial charge on any atom is 0.105 e. The van der Waals surface area contributed by atoms with Crippen molar-refractivity contribution in [3.63, 3.8) is 0 Å². The van der Waals surface area contributed by atoms with E-state index in [9.17, 15) is 15.3 Å². The molecule has 0 aromatic carbocycles. The molecule has 0 spiro atoms. The Bertz CT molecular complexity index is 175. The summed E-state index contributed by atoms with van der Waals surface area (Å²) >= 11 is 0. The van der Waals surface area contributed by atoms with Crippen molar-refractivity contribution in [2.24, 2.45) is 0 Å². The fraction of sp³-hybridized carbons (Fsp3) is 1.00. The monoisotopic (exact) mass is 238 g/mol. The summed E-state index contributed by atoms with van der Waals surface area (Å²) in [6.07, 6.45) is -4.70. The molecule has 0 aromatic heterocycles. The molecule has 0 heterocycles. The fourth-order valence-electron chi connectivity index (χ4n) is 1.34. The van der Waals surface area contributed by atoms with Crippen LogP contribution in [0.25, 0.3) is 0 Å². The van der Waals surface area contributed by atoms with Gasteiger partial charge in [-0.25, -0.2) is 0 Å². The van der Waals surface area contributed by atoms with Crippen molar-refractivity contribution in [1.82, 2.24) is 0 Å². The smallest absolute Gasteiger partial charge is 0.105 e. The lowest BCUT2D eigenvalue weighted by Gasteiger charge is -2.21. The van der Waals surface area contributed by atoms with Crippen LogP contribution in [0, 0.1) is 0 Å². The predicted octanol–water partition coefficient (Wildman–Crippen LogP) is -2.03. The molecular formula is C10H22O6. The normalized spacial score (nSPS) is 21.2. The lowest BCUT2D eigenvalue weighted by atomic mass is 10.0. The third kappa shape index (κ3) is 5.74. The maximum atomic E-state index is 9.39. The molecule has 98 valence electrons. The number of aliphatic hydroxyl groups is 6. The zero-order valence-electron chi connectivity index (χ0n) is 9.40. The van der Waals surface area contributed by atoms with Crippen LogP contribution in [0.3, 0.4) is 0 Å². The molecule has 0 fully saturated rings. The Labute approximate surface area is 94.8 Å². The Morgan fingerprint density at radius 1 is 0.812 bits per heavy atom. The van der Waals surface area contributed by atoms with Crippen LogP contribution in [-0.2, 0) is 0 Å². The molecule has 6 heteroatoms. The molecule has 16 heavy (non-hydrogen) atoms. The zero-order chi connectivity index (χ0) is 12.7. The van der Waals surface area contributed by atoms with Gasteiger partial charge in [0.1, 0.15) is 12.2 Å². The molecule has 6 nitrogen and oxygen atoms in total. The fourth-order valence-corrected chi connectivity index (χ4v) is 1.34. The van der Waals surface area contributed by atoms with Gasteiger partial charge >= 0.3 is 0 Å². The summed E-state index contributed by atoms with van der Waals surface area (Å²) in [5, 5.41) is 54.5. The van der Waals surface area contributed by atoms with Crippen molar-refractivity contribution in [1.29, 1.82) is 0 Å². The van der Waals surface area contributed by atoms with Gasteiger partial charge in [0.05, 0.1) is 24.9 Å². The summed E-state index contributed by atoms with van der Waals surface area (Å²) in [4.78, 5) is 0. The molecular weight excluding hydrogens is 216 g/mol. The third-order valence-corrected chi connectivity index (χ3v) is 2.52. The van der Waals surface area contributed by atoms with Crippen LogP contribution >= 0.6 is 0 Å². The van der Waals surface area contributed by atoms with Crippen LogP contribution in [0.1, 0.15) is 26.2 Å². The van der Waals surface area contributed by atoms with Crippen molar-refractivity contribution in [3.8, 4) is 0 Å². The zero-order valence-corrected chi connectivity index (χ0v) is 9.40. The third-order valence-electron chi connectivity index (χ3n) is 2.52. The molecule has 5 unspecified atom stereocenters. The van der Waals surface area contributed by atoms with Crippen LogP contribution in [0.4, 0.5) is 0 Å². The molecule has 6 N–H and O–H groups in total. The minimum atomic E-state index is -1.21. The second kappa shape index (κ2) is 7.94. The maximum absolute atomic E-state index is 9.39. The summed E-state index contributed by atoms with van der Waals surface area (Å²) in [5.41, 5.74) is 0. The highest BCUT2D eigenvalue weighted by Gasteiger charge is 2.22. The summed E-state index contributed by atoms with van der Waals surface area (Å²) in [6.45, 7) is 0.859. The minimum absolute atomic E-state index is 0.210. The SMILES string of the molecule is CC(O)C(O)C(O)CCCC(O)C(O)CO. The van der Waals surface area contributed by atoms with Gasteiger partial charge in [-0.3, -0.25) is 0 Å². The molecule has 0 saturated carbocycles. The van der Waals surface area contributed by atoms with Crippen LogP contribution in [0.15, 0.2) is 0 Å². The van der Waals surface area contributed by atoms with Gasteiger partial charge in [0.2, 0.25) is 0 Å². The second-order valence-electron chi connectivity index (χ2n) is 4.05. The number of rotatable bonds is 8. The van der Waals surface area contributed by atoms with Gasteiger partial charge in [-0.1, -0.05) is 0 Å². The molecule has 0 saturated heterocycles. The van der Waals surface area contributed by atoms with E-state index in [1.807, 2.05) is 0 Å². The van der Waals surface area contributed by atoms with E-state index in [0.29, 0.717) is 6.42 Å². The van der Waals surface area contributed by atoms with Crippen molar-refractivity contribution >= 4 is 0 Å². The summed E-state index contributed by atoms with van der Waals surface area (Å²) < 4.78 is 0. The van der Waals surface area contributed by atoms with Gasteiger partial charge < -0.3 is 30.6 Å². The first-order valence-electron chi connectivity index (χ1n) is 5.41. The summed E-state index contributed by atoms with van der Waals surface area (Å²) in [7, 11) is 0. The molecule has 0 bridgehead atoms. The van der Waals surface area contributed by atoms with Crippen LogP contribution < -0.4 is 0 Å². The number of hydrogen-bond donors (Lipinski definition) is 6. The standard InChI is InChI=1S/C10H22O6/c1-6(12)10(16)8(14)4-2-3-7(13)9(15)5-11/h6-16H,2-5H2,1H3. The highest BCUT2D eigenvalue weighted by Crippen LogP contribution is 2.11. The number of hydrogen-bond acceptors (Lipinski definition) is 6. The van der Waals surface area contributed by atoms with Gasteiger partial charge in [0.25, 0.3) is 0 Å². The molecule has 0 aliphatic rings. The van der Waals surface area contributed by atoms with Crippen LogP contribution in [0.5, 0.6) is 0 Å². The largest absolute Gasteiger partial charge is 0.394 e. The Morgan fingerprint density at radius 2 is 1.31 bits per heavy atom. The van der Waals surface area contributed by atoms with Gasteiger partial charge in [0, 0.05) is 0 Å². The quantitative estimate of drug-likeness (QED) is 0.290. The van der Waals surface area contributed by atoms with Gasteiger partial charge in [0.15, 0.2) is 0 Å². The first-order valence-corrected chi connectivity index (χ1v) is 5.41. The molecule has 0 aromatic rings. The summed E-state index contributed by atoms with van der Waals surface area (Å²) in [6, 6.07) is 0. The van der Waals surface area contributed by atoms with Gasteiger partial charge in [-0.2, -0.15) is 0 Å². The van der Waals surface area contributed by atoms with E-state index in [4.69, 9.17) is 15.3 Å². The second-order valence-corrected chi connectivity index (χ2v) is 4.05. The number of aliphatic hydroxyl groups excluding tert-OH is 6. The van der Waals surface area contributed by atoms with E-state index in [1.165, 1.54) is 6.92 Å². The first-order chi connectivity index (χ1) is 7.40. The summed E-state index contributed by atoms with van der Waals surface area (Å²) in [5.74, 6) is 0. The van der Waals surface area contributed by atoms with E-state index in [2.05, 4.69) is 0 Å². The molecule has 0 rings (SSSR count). The lowest BCUT2D eigenvalue weighted by Crippen LogP contribution is -2.36. The van der Waals surface area contributed by atoms with E-state index in [-0.39, 0.29) is 12.8 Å². The van der Waals surface area contributed by atoms with Crippen molar-refractivity contribution in [2.75, 3.05) is 6.61 Å². The molecule has 0 radical (unpaired) electrons. The minimum Gasteiger partial charge on any atom is -0.394 e. The van der Waals surface area contributed by atoms with Gasteiger partial charge in [-0.15, -0.1) is 0 Å². The van der Waals surface area contributed by atoms with Crippen molar-refractivity contribution in [2.45, 2.75) is 56.7 Å². The van der Waals surface area contributed by atoms with E-state index in [1.54, 1.807) is 0 Å². The average Bonchev–Trinajstić information content (AvgIpc) is 2.26. The molecule has 0 aliphatic carbocycles. The van der Waals surface area contributed by atoms with Gasteiger partial charge in [-0.05, 0) is 26.2 Å². The first kappa shape index (κ1) is 15.8. The van der Waals surface area contributed by atoms with Crippen molar-refractivity contribution < 1.29 is 30.6 Å². The van der Waals surface area contributed by atoms with Crippen LogP contribution in [0.2, 0.25) is 0 Å². The van der Waals surface area contributed by atoms with E-state index < -0.39 is 37.1 Å². The highest BCUT2D eigenvalue weighted by atomic mass is 16.4. The van der Waals surface area contributed by atoms with E-state index in [0.717, 1.165) is 0 Å². The Morgan fingerprint density at radius 3 is 1.75 bits per heavy atom. The molecule has 0 aliphatic heterocycles. The lowest BCUT2D eigenvalue weighted by molar-refractivity contribution is -0.0583. The van der Waals surface area contributed by atoms with E-state index >= 15 is 0 Å². The Kier molecular flexibility index (Phi) is 7.82. The topological polar surface area (TPSA) is 121 Å². The van der Waals surface area contributed by atoms with Crippen molar-refractivity contribution in [3.05, 3.63) is 0 Å².